The fourth-order valence-electron chi connectivity index (χ4n) is 4.13. The Morgan fingerprint density at radius 3 is 2.36 bits per heavy atom. The number of rotatable bonds is 6. The minimum absolute atomic E-state index is 0.000304. The van der Waals surface area contributed by atoms with Gasteiger partial charge in [0, 0.05) is 55.1 Å². The number of amides is 2. The second-order valence-corrected chi connectivity index (χ2v) is 12.2. The number of carbonyl (C=O) groups is 2. The van der Waals surface area contributed by atoms with Gasteiger partial charge in [-0.2, -0.15) is 17.5 Å². The van der Waals surface area contributed by atoms with Crippen molar-refractivity contribution in [3.63, 3.8) is 0 Å². The molecule has 1 atom stereocenters. The van der Waals surface area contributed by atoms with E-state index in [2.05, 4.69) is 9.68 Å². The van der Waals surface area contributed by atoms with Crippen molar-refractivity contribution in [3.05, 3.63) is 52.5 Å². The van der Waals surface area contributed by atoms with Crippen molar-refractivity contribution in [2.75, 3.05) is 29.6 Å². The molecular formula is C29H37BClF5N4O3S. The summed E-state index contributed by atoms with van der Waals surface area (Å²) in [6, 6.07) is 7.10. The van der Waals surface area contributed by atoms with Crippen molar-refractivity contribution < 1.29 is 35.8 Å². The molecule has 0 saturated carbocycles. The quantitative estimate of drug-likeness (QED) is 0.247. The van der Waals surface area contributed by atoms with E-state index in [0.717, 1.165) is 6.07 Å². The van der Waals surface area contributed by atoms with Crippen molar-refractivity contribution in [2.45, 2.75) is 77.1 Å². The molecule has 1 aliphatic heterocycles. The number of nitrogens with zero attached hydrogens (tertiary/aromatic N) is 3. The monoisotopic (exact) mass is 662 g/mol. The maximum atomic E-state index is 14.0. The number of alkyl halides is 5. The lowest BCUT2D eigenvalue weighted by atomic mass is 9.51. The van der Waals surface area contributed by atoms with Gasteiger partial charge in [0.05, 0.1) is 31.6 Å². The molecule has 2 aromatic rings. The number of hydrogen-bond acceptors (Lipinski definition) is 5. The van der Waals surface area contributed by atoms with Crippen LogP contribution in [-0.2, 0) is 20.7 Å². The summed E-state index contributed by atoms with van der Waals surface area (Å²) in [5.41, 5.74) is -1.58. The highest BCUT2D eigenvalue weighted by atomic mass is 35.5. The molecule has 0 aliphatic carbocycles. The van der Waals surface area contributed by atoms with E-state index in [0.29, 0.717) is 6.07 Å². The summed E-state index contributed by atoms with van der Waals surface area (Å²) in [5, 5.41) is 10.6. The number of hydrogen-bond donors (Lipinski definition) is 1. The molecule has 2 aromatic carbocycles. The molecule has 15 heteroatoms. The zero-order valence-corrected chi connectivity index (χ0v) is 27.1. The van der Waals surface area contributed by atoms with Crippen molar-refractivity contribution in [1.29, 1.82) is 5.26 Å². The second kappa shape index (κ2) is 16.8. The van der Waals surface area contributed by atoms with Crippen LogP contribution in [0.15, 0.2) is 45.7 Å². The lowest BCUT2D eigenvalue weighted by Gasteiger charge is -2.27. The van der Waals surface area contributed by atoms with Crippen LogP contribution in [0.4, 0.5) is 33.3 Å². The first-order valence-electron chi connectivity index (χ1n) is 14.1. The fourth-order valence-corrected chi connectivity index (χ4v) is 5.64. The molecule has 1 heterocycles. The van der Waals surface area contributed by atoms with Crippen LogP contribution in [0, 0.1) is 11.2 Å². The molecule has 0 radical (unpaired) electrons. The van der Waals surface area contributed by atoms with Gasteiger partial charge in [-0.05, 0) is 36.8 Å². The Hall–Kier alpha value is -3.18. The Balaban J connectivity index is 0.00000232. The van der Waals surface area contributed by atoms with Crippen molar-refractivity contribution in [1.82, 2.24) is 0 Å². The standard InChI is InChI=1S/C25H25BClF5N4O3S.2C2H6/c1-26(15-33)14-22(37)35-40(2,39)17-6-3-5-16(11-17)34-23(38)18-12-20(27)19(25(30,31)32)13-21(18)36-9-4-7-24(28,29)8-10-36;2*1-2/h3,5-6,11-13H,4,7-10,14H2,1-2H3,(H,34,38);2*1-2H3. The molecule has 0 aromatic heterocycles. The summed E-state index contributed by atoms with van der Waals surface area (Å²) >= 11 is 5.89. The van der Waals surface area contributed by atoms with E-state index in [4.69, 9.17) is 16.9 Å². The van der Waals surface area contributed by atoms with Gasteiger partial charge in [-0.15, -0.1) is 0 Å². The highest BCUT2D eigenvalue weighted by Gasteiger charge is 2.37. The molecular weight excluding hydrogens is 626 g/mol. The molecule has 1 aliphatic rings. The molecule has 1 saturated heterocycles. The highest BCUT2D eigenvalue weighted by molar-refractivity contribution is 7.93. The second-order valence-electron chi connectivity index (χ2n) is 9.55. The number of nitriles is 1. The summed E-state index contributed by atoms with van der Waals surface area (Å²) < 4.78 is 85.6. The van der Waals surface area contributed by atoms with Crippen LogP contribution in [0.3, 0.4) is 0 Å². The maximum absolute atomic E-state index is 14.0. The molecule has 2 amide bonds. The Kier molecular flexibility index (Phi) is 14.8. The van der Waals surface area contributed by atoms with Gasteiger partial charge in [-0.25, -0.2) is 18.3 Å². The van der Waals surface area contributed by atoms with Crippen LogP contribution < -0.4 is 10.2 Å². The topological polar surface area (TPSA) is 103 Å². The van der Waals surface area contributed by atoms with Gasteiger partial charge in [-0.1, -0.05) is 52.2 Å². The van der Waals surface area contributed by atoms with Crippen LogP contribution in [0.1, 0.15) is 62.9 Å². The number of anilines is 2. The van der Waals surface area contributed by atoms with Crippen molar-refractivity contribution in [2.24, 2.45) is 4.36 Å². The van der Waals surface area contributed by atoms with E-state index in [-0.39, 0.29) is 47.7 Å². The molecule has 3 rings (SSSR count). The summed E-state index contributed by atoms with van der Waals surface area (Å²) in [6.07, 6.45) is -4.89. The summed E-state index contributed by atoms with van der Waals surface area (Å²) in [4.78, 5) is 26.8. The average Bonchev–Trinajstić information content (AvgIpc) is 3.14. The number of carbonyl (C=O) groups excluding carboxylic acids is 2. The van der Waals surface area contributed by atoms with Gasteiger partial charge >= 0.3 is 6.18 Å². The maximum Gasteiger partial charge on any atom is 0.417 e. The van der Waals surface area contributed by atoms with E-state index in [9.17, 15) is 35.8 Å². The number of benzene rings is 2. The molecule has 0 spiro atoms. The van der Waals surface area contributed by atoms with Crippen LogP contribution in [-0.4, -0.2) is 48.0 Å². The zero-order chi connectivity index (χ0) is 33.9. The van der Waals surface area contributed by atoms with Crippen LogP contribution in [0.2, 0.25) is 18.2 Å². The third-order valence-corrected chi connectivity index (χ3v) is 8.19. The normalized spacial score (nSPS) is 15.5. The number of nitrogens with one attached hydrogen (secondary N) is 1. The molecule has 242 valence electrons. The first-order chi connectivity index (χ1) is 20.5. The van der Waals surface area contributed by atoms with E-state index in [1.54, 1.807) is 0 Å². The van der Waals surface area contributed by atoms with Gasteiger partial charge in [0.25, 0.3) is 12.6 Å². The Morgan fingerprint density at radius 1 is 1.14 bits per heavy atom. The molecule has 1 N–H and O–H groups in total. The van der Waals surface area contributed by atoms with Gasteiger partial charge in [0.2, 0.25) is 11.8 Å². The van der Waals surface area contributed by atoms with E-state index in [1.807, 2.05) is 33.7 Å². The lowest BCUT2D eigenvalue weighted by Crippen LogP contribution is -2.29. The average molecular weight is 663 g/mol. The van der Waals surface area contributed by atoms with Crippen molar-refractivity contribution in [3.8, 4) is 5.97 Å². The van der Waals surface area contributed by atoms with Crippen LogP contribution >= 0.6 is 11.6 Å². The van der Waals surface area contributed by atoms with Gasteiger partial charge < -0.3 is 10.2 Å². The minimum Gasteiger partial charge on any atom is -0.371 e. The largest absolute Gasteiger partial charge is 0.417 e. The summed E-state index contributed by atoms with van der Waals surface area (Å²) in [7, 11) is -3.27. The predicted molar refractivity (Wildman–Crippen MR) is 166 cm³/mol. The van der Waals surface area contributed by atoms with Crippen LogP contribution in [0.25, 0.3) is 0 Å². The molecule has 1 unspecified atom stereocenters. The smallest absolute Gasteiger partial charge is 0.371 e. The first-order valence-corrected chi connectivity index (χ1v) is 16.4. The minimum atomic E-state index is -4.85. The Morgan fingerprint density at radius 2 is 1.77 bits per heavy atom. The van der Waals surface area contributed by atoms with E-state index < -0.39 is 63.8 Å². The summed E-state index contributed by atoms with van der Waals surface area (Å²) in [6.45, 7) is 8.61. The predicted octanol–water partition coefficient (Wildman–Crippen LogP) is 8.46. The van der Waals surface area contributed by atoms with Gasteiger partial charge in [-0.3, -0.25) is 9.59 Å². The summed E-state index contributed by atoms with van der Waals surface area (Å²) in [5.74, 6) is -2.71. The number of halogens is 6. The first kappa shape index (κ1) is 38.8. The molecule has 0 bridgehead atoms. The van der Waals surface area contributed by atoms with Crippen LogP contribution in [0.5, 0.6) is 0 Å². The van der Waals surface area contributed by atoms with Gasteiger partial charge in [0.15, 0.2) is 0 Å². The fraction of sp³-hybridized carbons (Fsp3) is 0.483. The lowest BCUT2D eigenvalue weighted by molar-refractivity contribution is -0.137. The zero-order valence-electron chi connectivity index (χ0n) is 25.5. The Bertz CT molecular complexity index is 1470. The third kappa shape index (κ3) is 11.1. The third-order valence-electron chi connectivity index (χ3n) is 6.20. The van der Waals surface area contributed by atoms with Crippen molar-refractivity contribution >= 4 is 51.2 Å². The molecule has 44 heavy (non-hydrogen) atoms. The highest BCUT2D eigenvalue weighted by Crippen LogP contribution is 2.40. The van der Waals surface area contributed by atoms with E-state index >= 15 is 0 Å². The SMILES string of the molecule is CB(C#N)CC(=O)N=S(C)(=O)c1cccc(NC(=O)c2cc(Cl)c(C(F)(F)F)cc2N2CCCC(F)(F)CC2)c1.CC.CC. The molecule has 7 nitrogen and oxygen atoms in total. The Labute approximate surface area is 261 Å². The van der Waals surface area contributed by atoms with Gasteiger partial charge in [0.1, 0.15) is 0 Å². The van der Waals surface area contributed by atoms with E-state index in [1.165, 1.54) is 42.2 Å². The molecule has 1 fully saturated rings.